The van der Waals surface area contributed by atoms with Crippen LogP contribution in [0, 0.1) is 0 Å². The van der Waals surface area contributed by atoms with Gasteiger partial charge in [-0.25, -0.2) is 4.98 Å². The number of carbonyl (C=O) groups excluding carboxylic acids is 1. The van der Waals surface area contributed by atoms with Gasteiger partial charge in [0.15, 0.2) is 5.65 Å². The van der Waals surface area contributed by atoms with Crippen molar-refractivity contribution in [3.05, 3.63) is 11.5 Å². The first kappa shape index (κ1) is 13.9. The van der Waals surface area contributed by atoms with Gasteiger partial charge in [-0.15, -0.1) is 11.6 Å². The van der Waals surface area contributed by atoms with Gasteiger partial charge in [0, 0.05) is 7.05 Å². The van der Waals surface area contributed by atoms with Gasteiger partial charge in [0.1, 0.15) is 17.9 Å². The molecule has 2 heterocycles. The summed E-state index contributed by atoms with van der Waals surface area (Å²) >= 11 is 6.14. The van der Waals surface area contributed by atoms with Gasteiger partial charge in [-0.1, -0.05) is 13.3 Å². The van der Waals surface area contributed by atoms with Crippen LogP contribution in [0.25, 0.3) is 11.2 Å². The molecule has 0 aliphatic rings. The molecule has 0 bridgehead atoms. The molecular weight excluding hydrogens is 266 g/mol. The molecule has 19 heavy (non-hydrogen) atoms. The number of carbonyl (C=O) groups is 1. The number of imidazole rings is 1. The lowest BCUT2D eigenvalue weighted by atomic mass is 10.2. The van der Waals surface area contributed by atoms with E-state index in [-0.39, 0.29) is 11.9 Å². The predicted molar refractivity (Wildman–Crippen MR) is 74.0 cm³/mol. The Hall–Kier alpha value is -1.56. The summed E-state index contributed by atoms with van der Waals surface area (Å²) in [5, 5.41) is 4.16. The fraction of sp³-hybridized carbons (Fsp3) is 0.583. The van der Waals surface area contributed by atoms with Crippen LogP contribution in [0.5, 0.6) is 0 Å². The van der Waals surface area contributed by atoms with Gasteiger partial charge in [0.2, 0.25) is 5.91 Å². The number of rotatable bonds is 5. The number of aryl methyl sites for hydroxylation is 2. The Balaban J connectivity index is 2.67. The van der Waals surface area contributed by atoms with E-state index < -0.39 is 5.91 Å². The number of fused-ring (bicyclic) bond motifs is 1. The number of nitrogens with two attached hydrogens (primary N) is 1. The van der Waals surface area contributed by atoms with E-state index in [0.717, 1.165) is 29.7 Å². The maximum absolute atomic E-state index is 11.2. The summed E-state index contributed by atoms with van der Waals surface area (Å²) in [4.78, 5) is 15.8. The molecule has 0 saturated carbocycles. The van der Waals surface area contributed by atoms with Crippen molar-refractivity contribution in [2.24, 2.45) is 12.8 Å². The average Bonchev–Trinajstić information content (AvgIpc) is 2.79. The van der Waals surface area contributed by atoms with Gasteiger partial charge < -0.3 is 10.3 Å². The van der Waals surface area contributed by atoms with Gasteiger partial charge >= 0.3 is 0 Å². The lowest BCUT2D eigenvalue weighted by molar-refractivity contribution is -0.118. The molecule has 104 valence electrons. The molecule has 0 saturated heterocycles. The van der Waals surface area contributed by atoms with Crippen LogP contribution in [-0.4, -0.2) is 25.2 Å². The zero-order chi connectivity index (χ0) is 14.2. The molecule has 2 aromatic heterocycles. The number of hydrogen-bond donors (Lipinski definition) is 1. The molecule has 0 fully saturated rings. The first-order valence-corrected chi connectivity index (χ1v) is 6.73. The Bertz CT molecular complexity index is 613. The molecule has 7 heteroatoms. The zero-order valence-electron chi connectivity index (χ0n) is 11.4. The maximum Gasteiger partial charge on any atom is 0.237 e. The summed E-state index contributed by atoms with van der Waals surface area (Å²) in [5.41, 5.74) is 7.84. The molecule has 0 aromatic carbocycles. The monoisotopic (exact) mass is 283 g/mol. The highest BCUT2D eigenvalue weighted by molar-refractivity contribution is 6.20. The molecule has 0 aliphatic carbocycles. The molecule has 0 spiro atoms. The van der Waals surface area contributed by atoms with E-state index in [0.29, 0.717) is 5.82 Å². The van der Waals surface area contributed by atoms with Crippen molar-refractivity contribution in [1.29, 1.82) is 0 Å². The van der Waals surface area contributed by atoms with E-state index in [1.165, 1.54) is 0 Å². The highest BCUT2D eigenvalue weighted by Gasteiger charge is 2.22. The van der Waals surface area contributed by atoms with Crippen LogP contribution in [0.2, 0.25) is 0 Å². The standard InChI is InChI=1S/C12H18ClN5O/c1-4-5-8-10-12(17(3)16-8)18(6-9(14)19)11(15-10)7(2)13/h7H,4-6H2,1-3H3,(H2,14,19). The Labute approximate surface area is 116 Å². The lowest BCUT2D eigenvalue weighted by Crippen LogP contribution is -2.21. The van der Waals surface area contributed by atoms with Crippen LogP contribution < -0.4 is 5.73 Å². The number of primary amides is 1. The quantitative estimate of drug-likeness (QED) is 0.845. The van der Waals surface area contributed by atoms with Crippen LogP contribution in [0.3, 0.4) is 0 Å². The highest BCUT2D eigenvalue weighted by atomic mass is 35.5. The number of alkyl halides is 1. The molecule has 1 atom stereocenters. The normalized spacial score (nSPS) is 13.1. The van der Waals surface area contributed by atoms with E-state index in [9.17, 15) is 4.79 Å². The number of aromatic nitrogens is 4. The Morgan fingerprint density at radius 2 is 2.21 bits per heavy atom. The second-order valence-electron chi connectivity index (χ2n) is 4.63. The molecule has 1 amide bonds. The van der Waals surface area contributed by atoms with Crippen LogP contribution in [0.1, 0.15) is 37.2 Å². The van der Waals surface area contributed by atoms with Gasteiger partial charge in [0.25, 0.3) is 0 Å². The summed E-state index contributed by atoms with van der Waals surface area (Å²) in [6.45, 7) is 3.98. The second-order valence-corrected chi connectivity index (χ2v) is 5.29. The minimum atomic E-state index is -0.420. The SMILES string of the molecule is CCCc1nn(C)c2c1nc(C(C)Cl)n2CC(N)=O. The van der Waals surface area contributed by atoms with Gasteiger partial charge in [-0.2, -0.15) is 5.10 Å². The third-order valence-corrected chi connectivity index (χ3v) is 3.17. The minimum absolute atomic E-state index is 0.0635. The van der Waals surface area contributed by atoms with Crippen LogP contribution in [0.4, 0.5) is 0 Å². The highest BCUT2D eigenvalue weighted by Crippen LogP contribution is 2.26. The number of amides is 1. The maximum atomic E-state index is 11.2. The van der Waals surface area contributed by atoms with Crippen LogP contribution in [-0.2, 0) is 24.8 Å². The van der Waals surface area contributed by atoms with Gasteiger partial charge in [-0.3, -0.25) is 9.48 Å². The third kappa shape index (κ3) is 2.45. The summed E-state index contributed by atoms with van der Waals surface area (Å²) in [6, 6.07) is 0. The van der Waals surface area contributed by atoms with E-state index in [4.69, 9.17) is 17.3 Å². The van der Waals surface area contributed by atoms with E-state index in [1.807, 2.05) is 14.0 Å². The molecule has 6 nitrogen and oxygen atoms in total. The number of nitrogens with zero attached hydrogens (tertiary/aromatic N) is 4. The van der Waals surface area contributed by atoms with Crippen molar-refractivity contribution in [3.63, 3.8) is 0 Å². The van der Waals surface area contributed by atoms with E-state index in [2.05, 4.69) is 17.0 Å². The Morgan fingerprint density at radius 3 is 2.74 bits per heavy atom. The summed E-state index contributed by atoms with van der Waals surface area (Å²) in [6.07, 6.45) is 1.83. The number of hydrogen-bond acceptors (Lipinski definition) is 3. The average molecular weight is 284 g/mol. The van der Waals surface area contributed by atoms with Gasteiger partial charge in [-0.05, 0) is 13.3 Å². The second kappa shape index (κ2) is 5.21. The Morgan fingerprint density at radius 1 is 1.53 bits per heavy atom. The van der Waals surface area contributed by atoms with Crippen LogP contribution in [0.15, 0.2) is 0 Å². The fourth-order valence-electron chi connectivity index (χ4n) is 2.28. The van der Waals surface area contributed by atoms with Crippen LogP contribution >= 0.6 is 11.6 Å². The van der Waals surface area contributed by atoms with Crippen molar-refractivity contribution in [1.82, 2.24) is 19.3 Å². The molecular formula is C12H18ClN5O. The minimum Gasteiger partial charge on any atom is -0.368 e. The zero-order valence-corrected chi connectivity index (χ0v) is 12.1. The number of halogens is 1. The molecule has 0 radical (unpaired) electrons. The first-order valence-electron chi connectivity index (χ1n) is 6.30. The van der Waals surface area contributed by atoms with E-state index >= 15 is 0 Å². The summed E-state index contributed by atoms with van der Waals surface area (Å²) in [7, 11) is 1.84. The predicted octanol–water partition coefficient (Wildman–Crippen LogP) is 1.51. The third-order valence-electron chi connectivity index (χ3n) is 2.98. The molecule has 1 unspecified atom stereocenters. The molecule has 2 rings (SSSR count). The molecule has 0 aliphatic heterocycles. The molecule has 2 N–H and O–H groups in total. The van der Waals surface area contributed by atoms with Crippen molar-refractivity contribution < 1.29 is 4.79 Å². The van der Waals surface area contributed by atoms with Crippen molar-refractivity contribution in [2.45, 2.75) is 38.6 Å². The van der Waals surface area contributed by atoms with Crippen molar-refractivity contribution >= 4 is 28.7 Å². The topological polar surface area (TPSA) is 78.7 Å². The summed E-state index contributed by atoms with van der Waals surface area (Å²) in [5.74, 6) is 0.233. The lowest BCUT2D eigenvalue weighted by Gasteiger charge is -2.08. The molecule has 2 aromatic rings. The smallest absolute Gasteiger partial charge is 0.237 e. The summed E-state index contributed by atoms with van der Waals surface area (Å²) < 4.78 is 3.49. The largest absolute Gasteiger partial charge is 0.368 e. The van der Waals surface area contributed by atoms with Crippen molar-refractivity contribution in [3.8, 4) is 0 Å². The fourth-order valence-corrected chi connectivity index (χ4v) is 2.45. The van der Waals surface area contributed by atoms with E-state index in [1.54, 1.807) is 9.25 Å². The van der Waals surface area contributed by atoms with Gasteiger partial charge in [0.05, 0.1) is 11.1 Å². The Kier molecular flexibility index (Phi) is 3.80. The first-order chi connectivity index (χ1) is 8.95. The van der Waals surface area contributed by atoms with Crippen molar-refractivity contribution in [2.75, 3.05) is 0 Å².